The van der Waals surface area contributed by atoms with Gasteiger partial charge >= 0.3 is 0 Å². The van der Waals surface area contributed by atoms with E-state index in [-0.39, 0.29) is 37.4 Å². The molecule has 7 nitrogen and oxygen atoms in total. The van der Waals surface area contributed by atoms with Gasteiger partial charge in [0.2, 0.25) is 11.8 Å². The number of benzene rings is 1. The van der Waals surface area contributed by atoms with Crippen LogP contribution in [0.4, 0.5) is 0 Å². The predicted molar refractivity (Wildman–Crippen MR) is 135 cm³/mol. The summed E-state index contributed by atoms with van der Waals surface area (Å²) in [4.78, 5) is 27.8. The summed E-state index contributed by atoms with van der Waals surface area (Å²) in [6.45, 7) is 1.83. The second kappa shape index (κ2) is 12.7. The highest BCUT2D eigenvalue weighted by atomic mass is 127. The molecule has 1 aromatic rings. The minimum atomic E-state index is -0.964. The van der Waals surface area contributed by atoms with Crippen LogP contribution in [0, 0.1) is 3.57 Å². The van der Waals surface area contributed by atoms with Crippen LogP contribution in [-0.4, -0.2) is 64.4 Å². The molecule has 0 saturated heterocycles. The summed E-state index contributed by atoms with van der Waals surface area (Å²) >= 11 is 2.18. The molecule has 0 radical (unpaired) electrons. The first-order valence-corrected chi connectivity index (χ1v) is 13.0. The lowest BCUT2D eigenvalue weighted by molar-refractivity contribution is -0.142. The molecule has 3 N–H and O–H groups in total. The van der Waals surface area contributed by atoms with Gasteiger partial charge in [-0.3, -0.25) is 9.59 Å². The van der Waals surface area contributed by atoms with Crippen molar-refractivity contribution in [1.82, 2.24) is 10.2 Å². The van der Waals surface area contributed by atoms with E-state index < -0.39 is 18.2 Å². The van der Waals surface area contributed by atoms with Gasteiger partial charge in [0.15, 0.2) is 0 Å². The number of ether oxygens (including phenoxy) is 1. The van der Waals surface area contributed by atoms with Crippen molar-refractivity contribution in [2.75, 3.05) is 13.2 Å². The summed E-state index contributed by atoms with van der Waals surface area (Å²) in [6.07, 6.45) is 6.78. The lowest BCUT2D eigenvalue weighted by Crippen LogP contribution is -2.58. The van der Waals surface area contributed by atoms with Gasteiger partial charge < -0.3 is 25.2 Å². The number of nitrogens with zero attached hydrogens (tertiary/aromatic N) is 1. The van der Waals surface area contributed by atoms with E-state index in [2.05, 4.69) is 27.9 Å². The highest BCUT2D eigenvalue weighted by Crippen LogP contribution is 2.33. The van der Waals surface area contributed by atoms with Crippen molar-refractivity contribution >= 4 is 34.4 Å². The molecular weight excluding hydrogens is 535 g/mol. The first-order valence-electron chi connectivity index (χ1n) is 12.0. The number of amides is 2. The fourth-order valence-corrected chi connectivity index (χ4v) is 5.33. The van der Waals surface area contributed by atoms with E-state index in [1.165, 1.54) is 0 Å². The Kier molecular flexibility index (Phi) is 10.0. The molecule has 0 heterocycles. The lowest BCUT2D eigenvalue weighted by Gasteiger charge is -2.44. The largest absolute Gasteiger partial charge is 0.482 e. The fourth-order valence-electron chi connectivity index (χ4n) is 4.81. The van der Waals surface area contributed by atoms with Gasteiger partial charge in [0, 0.05) is 31.0 Å². The minimum absolute atomic E-state index is 0.00370. The second-order valence-corrected chi connectivity index (χ2v) is 9.91. The predicted octanol–water partition coefficient (Wildman–Crippen LogP) is 3.17. The second-order valence-electron chi connectivity index (χ2n) is 8.75. The topological polar surface area (TPSA) is 99.1 Å². The summed E-state index contributed by atoms with van der Waals surface area (Å²) < 4.78 is 7.09. The maximum atomic E-state index is 13.2. The van der Waals surface area contributed by atoms with Gasteiger partial charge in [0.25, 0.3) is 0 Å². The summed E-state index contributed by atoms with van der Waals surface area (Å²) in [5.41, 5.74) is 0.470. The summed E-state index contributed by atoms with van der Waals surface area (Å²) in [6, 6.07) is 7.02. The molecule has 0 aliphatic heterocycles. The first kappa shape index (κ1) is 26.0. The molecule has 0 bridgehead atoms. The Morgan fingerprint density at radius 3 is 2.52 bits per heavy atom. The molecule has 1 aromatic carbocycles. The fraction of sp³-hybridized carbons (Fsp3) is 0.600. The summed E-state index contributed by atoms with van der Waals surface area (Å²) in [7, 11) is 0. The Bertz CT molecular complexity index is 838. The number of halogens is 1. The van der Waals surface area contributed by atoms with Crippen LogP contribution in [0.15, 0.2) is 35.9 Å². The maximum Gasteiger partial charge on any atom is 0.247 e. The van der Waals surface area contributed by atoms with Crippen LogP contribution in [0.25, 0.3) is 0 Å². The standard InChI is InChI=1S/C25H35IN2O5/c1-2-23(30)28(18-9-5-3-4-6-10-18)20-15-17(25(32)27-13-14-29)16-22(24(20)31)33-21-12-8-7-11-19(21)26/h7-8,11-12,16,18,20,22,24,29,31H,2-6,9-10,13-15H2,1H3,(H,27,32). The Labute approximate surface area is 209 Å². The van der Waals surface area contributed by atoms with Crippen molar-refractivity contribution in [1.29, 1.82) is 0 Å². The number of aliphatic hydroxyl groups excluding tert-OH is 2. The minimum Gasteiger partial charge on any atom is -0.482 e. The molecule has 2 aliphatic rings. The zero-order valence-corrected chi connectivity index (χ0v) is 21.4. The molecule has 2 amide bonds. The molecule has 8 heteroatoms. The van der Waals surface area contributed by atoms with Gasteiger partial charge in [-0.1, -0.05) is 44.7 Å². The molecule has 0 spiro atoms. The Morgan fingerprint density at radius 1 is 1.18 bits per heavy atom. The number of carbonyl (C=O) groups excluding carboxylic acids is 2. The maximum absolute atomic E-state index is 13.2. The van der Waals surface area contributed by atoms with Crippen molar-refractivity contribution < 1.29 is 24.5 Å². The molecule has 1 fully saturated rings. The lowest BCUT2D eigenvalue weighted by atomic mass is 9.86. The van der Waals surface area contributed by atoms with Crippen LogP contribution >= 0.6 is 22.6 Å². The zero-order valence-electron chi connectivity index (χ0n) is 19.2. The number of hydrogen-bond acceptors (Lipinski definition) is 5. The number of para-hydroxylation sites is 1. The van der Waals surface area contributed by atoms with Gasteiger partial charge in [0.05, 0.1) is 16.2 Å². The SMILES string of the molecule is CCC(=O)N(C1CCCCCC1)C1CC(C(=O)NCCO)=CC(Oc2ccccc2I)C1O. The smallest absolute Gasteiger partial charge is 0.247 e. The molecule has 0 aromatic heterocycles. The summed E-state index contributed by atoms with van der Waals surface area (Å²) in [5, 5.41) is 23.3. The van der Waals surface area contributed by atoms with Crippen molar-refractivity contribution in [2.45, 2.75) is 82.6 Å². The van der Waals surface area contributed by atoms with Crippen molar-refractivity contribution in [3.05, 3.63) is 39.5 Å². The number of aliphatic hydroxyl groups is 2. The Hall–Kier alpha value is -1.65. The quantitative estimate of drug-likeness (QED) is 0.330. The van der Waals surface area contributed by atoms with Gasteiger partial charge in [-0.2, -0.15) is 0 Å². The molecule has 3 atom stereocenters. The zero-order chi connectivity index (χ0) is 23.8. The van der Waals surface area contributed by atoms with Crippen LogP contribution in [0.3, 0.4) is 0 Å². The number of carbonyl (C=O) groups is 2. The van der Waals surface area contributed by atoms with Gasteiger partial charge in [-0.15, -0.1) is 0 Å². The molecule has 33 heavy (non-hydrogen) atoms. The van der Waals surface area contributed by atoms with Gasteiger partial charge in [0.1, 0.15) is 18.0 Å². The van der Waals surface area contributed by atoms with Gasteiger partial charge in [-0.05, 0) is 53.6 Å². The van der Waals surface area contributed by atoms with Crippen LogP contribution in [0.5, 0.6) is 5.75 Å². The summed E-state index contributed by atoms with van der Waals surface area (Å²) in [5.74, 6) is 0.315. The van der Waals surface area contributed by atoms with E-state index in [1.54, 1.807) is 6.08 Å². The molecule has 1 saturated carbocycles. The monoisotopic (exact) mass is 570 g/mol. The highest BCUT2D eigenvalue weighted by Gasteiger charge is 2.42. The van der Waals surface area contributed by atoms with Crippen molar-refractivity contribution in [3.8, 4) is 5.75 Å². The molecule has 3 rings (SSSR count). The number of nitrogens with one attached hydrogen (secondary N) is 1. The van der Waals surface area contributed by atoms with E-state index in [0.717, 1.165) is 42.1 Å². The first-order chi connectivity index (χ1) is 16.0. The third kappa shape index (κ3) is 6.70. The van der Waals surface area contributed by atoms with E-state index >= 15 is 0 Å². The molecule has 3 unspecified atom stereocenters. The third-order valence-electron chi connectivity index (χ3n) is 6.48. The number of rotatable bonds is 8. The van der Waals surface area contributed by atoms with Crippen LogP contribution in [0.1, 0.15) is 58.3 Å². The number of hydrogen-bond donors (Lipinski definition) is 3. The molecule has 182 valence electrons. The average molecular weight is 570 g/mol. The van der Waals surface area contributed by atoms with E-state index in [1.807, 2.05) is 36.1 Å². The Balaban J connectivity index is 1.94. The third-order valence-corrected chi connectivity index (χ3v) is 7.37. The van der Waals surface area contributed by atoms with E-state index in [9.17, 15) is 14.7 Å². The molecular formula is C25H35IN2O5. The normalized spacial score (nSPS) is 23.9. The van der Waals surface area contributed by atoms with Crippen LogP contribution in [-0.2, 0) is 9.59 Å². The highest BCUT2D eigenvalue weighted by molar-refractivity contribution is 14.1. The van der Waals surface area contributed by atoms with E-state index in [0.29, 0.717) is 17.7 Å². The van der Waals surface area contributed by atoms with Crippen molar-refractivity contribution in [2.24, 2.45) is 0 Å². The van der Waals surface area contributed by atoms with Crippen molar-refractivity contribution in [3.63, 3.8) is 0 Å². The average Bonchev–Trinajstić information content (AvgIpc) is 3.10. The van der Waals surface area contributed by atoms with Crippen LogP contribution < -0.4 is 10.1 Å². The Morgan fingerprint density at radius 2 is 1.88 bits per heavy atom. The van der Waals surface area contributed by atoms with E-state index in [4.69, 9.17) is 9.84 Å². The van der Waals surface area contributed by atoms with Crippen LogP contribution in [0.2, 0.25) is 0 Å². The molecule has 2 aliphatic carbocycles. The van der Waals surface area contributed by atoms with Gasteiger partial charge in [-0.25, -0.2) is 0 Å².